The van der Waals surface area contributed by atoms with Crippen LogP contribution in [-0.2, 0) is 17.8 Å². The van der Waals surface area contributed by atoms with Gasteiger partial charge in [0.1, 0.15) is 6.54 Å². The number of rotatable bonds is 6. The van der Waals surface area contributed by atoms with E-state index in [0.717, 1.165) is 22.6 Å². The van der Waals surface area contributed by atoms with Crippen LogP contribution in [0.15, 0.2) is 42.5 Å². The first-order valence-corrected chi connectivity index (χ1v) is 8.74. The molecule has 4 rings (SSSR count). The van der Waals surface area contributed by atoms with Crippen LogP contribution in [0.4, 0.5) is 0 Å². The van der Waals surface area contributed by atoms with E-state index >= 15 is 0 Å². The van der Waals surface area contributed by atoms with E-state index in [1.807, 2.05) is 18.2 Å². The number of aromatic nitrogens is 4. The molecule has 8 nitrogen and oxygen atoms in total. The largest absolute Gasteiger partial charge is 0.454 e. The van der Waals surface area contributed by atoms with Crippen molar-refractivity contribution in [3.8, 4) is 22.9 Å². The molecule has 2 aromatic carbocycles. The minimum atomic E-state index is -0.184. The maximum absolute atomic E-state index is 12.1. The molecule has 1 aliphatic heterocycles. The molecule has 1 amide bonds. The van der Waals surface area contributed by atoms with Gasteiger partial charge in [-0.1, -0.05) is 17.7 Å². The first-order chi connectivity index (χ1) is 13.2. The van der Waals surface area contributed by atoms with E-state index in [-0.39, 0.29) is 19.2 Å². The number of benzene rings is 2. The average Bonchev–Trinajstić information content (AvgIpc) is 3.31. The number of nitrogens with one attached hydrogen (secondary N) is 1. The lowest BCUT2D eigenvalue weighted by molar-refractivity contribution is -0.122. The second kappa shape index (κ2) is 7.63. The summed E-state index contributed by atoms with van der Waals surface area (Å²) in [7, 11) is 0. The fraction of sp³-hybridized carbons (Fsp3) is 0.222. The second-order valence-electron chi connectivity index (χ2n) is 5.94. The SMILES string of the molecule is O=C(Cn1nnc(-c2ccc(Cl)cc2)n1)NCCc1ccc2c(c1)OCO2. The Hall–Kier alpha value is -3.13. The summed E-state index contributed by atoms with van der Waals surface area (Å²) in [6.07, 6.45) is 0.684. The predicted molar refractivity (Wildman–Crippen MR) is 97.5 cm³/mol. The van der Waals surface area contributed by atoms with Crippen molar-refractivity contribution in [2.24, 2.45) is 0 Å². The summed E-state index contributed by atoms with van der Waals surface area (Å²) >= 11 is 5.87. The van der Waals surface area contributed by atoms with Crippen molar-refractivity contribution in [2.45, 2.75) is 13.0 Å². The number of hydrogen-bond acceptors (Lipinski definition) is 6. The molecule has 0 fully saturated rings. The summed E-state index contributed by atoms with van der Waals surface area (Å²) < 4.78 is 10.6. The molecule has 3 aromatic rings. The first kappa shape index (κ1) is 17.3. The Morgan fingerprint density at radius 3 is 2.81 bits per heavy atom. The van der Waals surface area contributed by atoms with Gasteiger partial charge >= 0.3 is 0 Å². The number of nitrogens with zero attached hydrogens (tertiary/aromatic N) is 4. The van der Waals surface area contributed by atoms with Crippen LogP contribution in [0, 0.1) is 0 Å². The van der Waals surface area contributed by atoms with Crippen LogP contribution >= 0.6 is 11.6 Å². The van der Waals surface area contributed by atoms with Crippen LogP contribution in [-0.4, -0.2) is 39.5 Å². The second-order valence-corrected chi connectivity index (χ2v) is 6.37. The zero-order valence-corrected chi connectivity index (χ0v) is 15.0. The number of carbonyl (C=O) groups excluding carboxylic acids is 1. The van der Waals surface area contributed by atoms with Crippen LogP contribution in [0.5, 0.6) is 11.5 Å². The van der Waals surface area contributed by atoms with Crippen molar-refractivity contribution in [3.05, 3.63) is 53.1 Å². The topological polar surface area (TPSA) is 91.2 Å². The van der Waals surface area contributed by atoms with Gasteiger partial charge in [-0.05, 0) is 53.6 Å². The van der Waals surface area contributed by atoms with E-state index in [0.29, 0.717) is 23.8 Å². The van der Waals surface area contributed by atoms with Crippen molar-refractivity contribution >= 4 is 17.5 Å². The lowest BCUT2D eigenvalue weighted by atomic mass is 10.1. The maximum Gasteiger partial charge on any atom is 0.243 e. The van der Waals surface area contributed by atoms with Gasteiger partial charge in [-0.2, -0.15) is 4.80 Å². The number of tetrazole rings is 1. The molecule has 0 saturated carbocycles. The van der Waals surface area contributed by atoms with Crippen LogP contribution in [0.1, 0.15) is 5.56 Å². The van der Waals surface area contributed by atoms with Gasteiger partial charge in [0.15, 0.2) is 11.5 Å². The van der Waals surface area contributed by atoms with E-state index in [1.165, 1.54) is 4.80 Å². The Kier molecular flexibility index (Phi) is 4.88. The van der Waals surface area contributed by atoms with Crippen molar-refractivity contribution in [1.29, 1.82) is 0 Å². The molecule has 0 unspecified atom stereocenters. The number of amides is 1. The van der Waals surface area contributed by atoms with Crippen LogP contribution < -0.4 is 14.8 Å². The Morgan fingerprint density at radius 1 is 1.15 bits per heavy atom. The Bertz CT molecular complexity index is 958. The van der Waals surface area contributed by atoms with Crippen LogP contribution in [0.3, 0.4) is 0 Å². The third-order valence-corrected chi connectivity index (χ3v) is 4.27. The zero-order chi connectivity index (χ0) is 18.6. The highest BCUT2D eigenvalue weighted by Crippen LogP contribution is 2.32. The maximum atomic E-state index is 12.1. The monoisotopic (exact) mass is 385 g/mol. The van der Waals surface area contributed by atoms with Gasteiger partial charge in [0, 0.05) is 17.1 Å². The summed E-state index contributed by atoms with van der Waals surface area (Å²) in [5.41, 5.74) is 1.84. The molecule has 0 saturated heterocycles. The number of hydrogen-bond donors (Lipinski definition) is 1. The van der Waals surface area contributed by atoms with Gasteiger partial charge in [0.2, 0.25) is 18.5 Å². The van der Waals surface area contributed by atoms with E-state index in [9.17, 15) is 4.79 Å². The van der Waals surface area contributed by atoms with Crippen molar-refractivity contribution in [2.75, 3.05) is 13.3 Å². The molecule has 1 aliphatic rings. The molecule has 138 valence electrons. The summed E-state index contributed by atoms with van der Waals surface area (Å²) in [6.45, 7) is 0.747. The fourth-order valence-electron chi connectivity index (χ4n) is 2.65. The van der Waals surface area contributed by atoms with E-state index in [1.54, 1.807) is 24.3 Å². The number of ether oxygens (including phenoxy) is 2. The molecule has 0 aliphatic carbocycles. The molecule has 2 heterocycles. The molecule has 9 heteroatoms. The van der Waals surface area contributed by atoms with Crippen LogP contribution in [0.2, 0.25) is 5.02 Å². The third-order valence-electron chi connectivity index (χ3n) is 4.01. The molecule has 0 atom stereocenters. The van der Waals surface area contributed by atoms with Crippen molar-refractivity contribution in [1.82, 2.24) is 25.5 Å². The Labute approximate surface area is 160 Å². The summed E-state index contributed by atoms with van der Waals surface area (Å²) in [5.74, 6) is 1.74. The van der Waals surface area contributed by atoms with Gasteiger partial charge < -0.3 is 14.8 Å². The van der Waals surface area contributed by atoms with Gasteiger partial charge in [-0.3, -0.25) is 4.79 Å². The average molecular weight is 386 g/mol. The molecular formula is C18H16ClN5O3. The summed E-state index contributed by atoms with van der Waals surface area (Å²) in [5, 5.41) is 15.6. The van der Waals surface area contributed by atoms with Gasteiger partial charge in [-0.15, -0.1) is 10.2 Å². The normalized spacial score (nSPS) is 12.2. The molecule has 0 radical (unpaired) electrons. The Morgan fingerprint density at radius 2 is 1.96 bits per heavy atom. The third kappa shape index (κ3) is 4.17. The first-order valence-electron chi connectivity index (χ1n) is 8.36. The summed E-state index contributed by atoms with van der Waals surface area (Å²) in [6, 6.07) is 12.9. The molecule has 1 N–H and O–H groups in total. The fourth-order valence-corrected chi connectivity index (χ4v) is 2.78. The summed E-state index contributed by atoms with van der Waals surface area (Å²) in [4.78, 5) is 13.3. The minimum absolute atomic E-state index is 0.00171. The Balaban J connectivity index is 1.28. The number of fused-ring (bicyclic) bond motifs is 1. The molecule has 0 spiro atoms. The lowest BCUT2D eigenvalue weighted by Gasteiger charge is -2.05. The molecule has 1 aromatic heterocycles. The van der Waals surface area contributed by atoms with Crippen molar-refractivity contribution in [3.63, 3.8) is 0 Å². The van der Waals surface area contributed by atoms with E-state index in [2.05, 4.69) is 20.7 Å². The standard InChI is InChI=1S/C18H16ClN5O3/c19-14-4-2-13(3-5-14)18-21-23-24(22-18)10-17(25)20-8-7-12-1-6-15-16(9-12)27-11-26-15/h1-6,9H,7-8,10-11H2,(H,20,25). The molecular weight excluding hydrogens is 370 g/mol. The van der Waals surface area contributed by atoms with Crippen molar-refractivity contribution < 1.29 is 14.3 Å². The van der Waals surface area contributed by atoms with E-state index in [4.69, 9.17) is 21.1 Å². The van der Waals surface area contributed by atoms with E-state index < -0.39 is 0 Å². The van der Waals surface area contributed by atoms with Gasteiger partial charge in [0.25, 0.3) is 0 Å². The number of halogens is 1. The highest BCUT2D eigenvalue weighted by molar-refractivity contribution is 6.30. The van der Waals surface area contributed by atoms with Crippen LogP contribution in [0.25, 0.3) is 11.4 Å². The van der Waals surface area contributed by atoms with Gasteiger partial charge in [0.05, 0.1) is 0 Å². The lowest BCUT2D eigenvalue weighted by Crippen LogP contribution is -2.30. The zero-order valence-electron chi connectivity index (χ0n) is 14.3. The number of carbonyl (C=O) groups is 1. The smallest absolute Gasteiger partial charge is 0.243 e. The molecule has 0 bridgehead atoms. The highest BCUT2D eigenvalue weighted by atomic mass is 35.5. The quantitative estimate of drug-likeness (QED) is 0.698. The minimum Gasteiger partial charge on any atom is -0.454 e. The molecule has 27 heavy (non-hydrogen) atoms. The van der Waals surface area contributed by atoms with Gasteiger partial charge in [-0.25, -0.2) is 0 Å². The predicted octanol–water partition coefficient (Wildman–Crippen LogP) is 2.08. The highest BCUT2D eigenvalue weighted by Gasteiger charge is 2.13.